The molecule has 1 atom stereocenters. The van der Waals surface area contributed by atoms with Crippen molar-refractivity contribution in [2.45, 2.75) is 18.9 Å². The normalized spacial score (nSPS) is 23.3. The summed E-state index contributed by atoms with van der Waals surface area (Å²) in [5, 5.41) is 7.52. The summed E-state index contributed by atoms with van der Waals surface area (Å²) < 4.78 is 11.0. The highest BCUT2D eigenvalue weighted by Gasteiger charge is 2.41. The van der Waals surface area contributed by atoms with Gasteiger partial charge in [-0.05, 0) is 43.3 Å². The Labute approximate surface area is 141 Å². The SMILES string of the molecule is COc1ccc(OC)c([C@@H]2NC(=S)NC3=C2N2CCC3CC2)c1. The summed E-state index contributed by atoms with van der Waals surface area (Å²) in [4.78, 5) is 2.47. The third-order valence-electron chi connectivity index (χ3n) is 5.06. The summed E-state index contributed by atoms with van der Waals surface area (Å²) in [7, 11) is 3.39. The van der Waals surface area contributed by atoms with Crippen molar-refractivity contribution in [3.63, 3.8) is 0 Å². The van der Waals surface area contributed by atoms with Crippen LogP contribution in [-0.2, 0) is 0 Å². The maximum absolute atomic E-state index is 5.59. The number of thiocarbonyl (C=S) groups is 1. The van der Waals surface area contributed by atoms with Crippen molar-refractivity contribution in [1.82, 2.24) is 15.5 Å². The second-order valence-corrected chi connectivity index (χ2v) is 6.61. The molecule has 5 rings (SSSR count). The first-order chi connectivity index (χ1) is 11.2. The summed E-state index contributed by atoms with van der Waals surface area (Å²) >= 11 is 5.46. The van der Waals surface area contributed by atoms with Crippen molar-refractivity contribution in [3.05, 3.63) is 35.2 Å². The molecule has 6 heteroatoms. The number of rotatable bonds is 3. The van der Waals surface area contributed by atoms with Crippen LogP contribution in [0.3, 0.4) is 0 Å². The van der Waals surface area contributed by atoms with Crippen LogP contribution in [-0.4, -0.2) is 37.3 Å². The van der Waals surface area contributed by atoms with Crippen LogP contribution >= 0.6 is 12.2 Å². The molecule has 0 saturated carbocycles. The van der Waals surface area contributed by atoms with Gasteiger partial charge in [-0.3, -0.25) is 0 Å². The Morgan fingerprint density at radius 1 is 1.17 bits per heavy atom. The molecule has 1 aromatic rings. The average molecular weight is 331 g/mol. The first-order valence-electron chi connectivity index (χ1n) is 7.99. The van der Waals surface area contributed by atoms with Crippen LogP contribution in [0.2, 0.25) is 0 Å². The van der Waals surface area contributed by atoms with Gasteiger partial charge in [-0.1, -0.05) is 0 Å². The lowest BCUT2D eigenvalue weighted by molar-refractivity contribution is 0.181. The number of methoxy groups -OCH3 is 2. The van der Waals surface area contributed by atoms with Gasteiger partial charge in [0.05, 0.1) is 26.0 Å². The minimum Gasteiger partial charge on any atom is -0.497 e. The molecule has 4 aliphatic rings. The van der Waals surface area contributed by atoms with Gasteiger partial charge >= 0.3 is 0 Å². The quantitative estimate of drug-likeness (QED) is 0.828. The van der Waals surface area contributed by atoms with E-state index in [2.05, 4.69) is 15.5 Å². The van der Waals surface area contributed by atoms with Crippen molar-refractivity contribution >= 4 is 17.3 Å². The summed E-state index contributed by atoms with van der Waals surface area (Å²) in [6, 6.07) is 5.92. The molecule has 2 N–H and O–H groups in total. The zero-order chi connectivity index (χ0) is 16.0. The predicted octanol–water partition coefficient (Wildman–Crippen LogP) is 2.16. The Bertz CT molecular complexity index is 680. The fourth-order valence-electron chi connectivity index (χ4n) is 3.94. The number of fused-ring (bicyclic) bond motifs is 2. The van der Waals surface area contributed by atoms with E-state index in [1.165, 1.54) is 24.2 Å². The lowest BCUT2D eigenvalue weighted by Gasteiger charge is -2.49. The van der Waals surface area contributed by atoms with Crippen LogP contribution in [0.15, 0.2) is 29.6 Å². The first kappa shape index (κ1) is 14.6. The Hall–Kier alpha value is -1.95. The molecule has 122 valence electrons. The standard InChI is InChI=1S/C17H21N3O2S/c1-21-11-3-4-13(22-2)12(9-11)15-16-14(18-17(23)19-15)10-5-7-20(16)8-6-10/h3-4,9-10,15H,5-8H2,1-2H3,(H2,18,19,23)/t15-/m0/s1. The minimum absolute atomic E-state index is 0.00639. The summed E-state index contributed by atoms with van der Waals surface area (Å²) in [5.41, 5.74) is 3.67. The number of piperidine rings is 1. The molecule has 1 fully saturated rings. The van der Waals surface area contributed by atoms with E-state index in [-0.39, 0.29) is 6.04 Å². The summed E-state index contributed by atoms with van der Waals surface area (Å²) in [5.74, 6) is 2.27. The molecule has 0 spiro atoms. The van der Waals surface area contributed by atoms with Gasteiger partial charge in [0.1, 0.15) is 11.5 Å². The average Bonchev–Trinajstić information content (AvgIpc) is 2.61. The van der Waals surface area contributed by atoms with Crippen molar-refractivity contribution in [1.29, 1.82) is 0 Å². The van der Waals surface area contributed by atoms with Crippen LogP contribution in [0, 0.1) is 5.92 Å². The molecule has 4 aliphatic heterocycles. The smallest absolute Gasteiger partial charge is 0.171 e. The molecule has 5 nitrogen and oxygen atoms in total. The van der Waals surface area contributed by atoms with E-state index in [1.54, 1.807) is 14.2 Å². The molecular weight excluding hydrogens is 310 g/mol. The fraction of sp³-hybridized carbons (Fsp3) is 0.471. The van der Waals surface area contributed by atoms with Crippen molar-refractivity contribution in [2.75, 3.05) is 27.3 Å². The number of nitrogens with one attached hydrogen (secondary N) is 2. The van der Waals surface area contributed by atoms with Crippen molar-refractivity contribution in [3.8, 4) is 11.5 Å². The molecule has 0 unspecified atom stereocenters. The van der Waals surface area contributed by atoms with Gasteiger partial charge in [0, 0.05) is 30.3 Å². The van der Waals surface area contributed by atoms with Gasteiger partial charge in [0.15, 0.2) is 5.11 Å². The Morgan fingerprint density at radius 3 is 2.65 bits per heavy atom. The van der Waals surface area contributed by atoms with E-state index in [0.717, 1.165) is 30.2 Å². The molecule has 0 radical (unpaired) electrons. The lowest BCUT2D eigenvalue weighted by Crippen LogP contribution is -2.55. The van der Waals surface area contributed by atoms with Crippen LogP contribution in [0.5, 0.6) is 11.5 Å². The van der Waals surface area contributed by atoms with Gasteiger partial charge in [0.25, 0.3) is 0 Å². The lowest BCUT2D eigenvalue weighted by atomic mass is 9.82. The minimum atomic E-state index is 0.00639. The highest BCUT2D eigenvalue weighted by atomic mass is 32.1. The highest BCUT2D eigenvalue weighted by molar-refractivity contribution is 7.80. The van der Waals surface area contributed by atoms with Gasteiger partial charge in [-0.25, -0.2) is 0 Å². The van der Waals surface area contributed by atoms with Crippen molar-refractivity contribution in [2.24, 2.45) is 5.92 Å². The van der Waals surface area contributed by atoms with E-state index in [1.807, 2.05) is 18.2 Å². The van der Waals surface area contributed by atoms with Gasteiger partial charge < -0.3 is 25.0 Å². The van der Waals surface area contributed by atoms with Crippen LogP contribution in [0.25, 0.3) is 0 Å². The maximum atomic E-state index is 5.59. The van der Waals surface area contributed by atoms with E-state index in [0.29, 0.717) is 11.0 Å². The molecule has 0 amide bonds. The zero-order valence-corrected chi connectivity index (χ0v) is 14.2. The fourth-order valence-corrected chi connectivity index (χ4v) is 4.17. The molecular formula is C17H21N3O2S. The third-order valence-corrected chi connectivity index (χ3v) is 5.28. The van der Waals surface area contributed by atoms with Crippen LogP contribution in [0.1, 0.15) is 24.4 Å². The monoisotopic (exact) mass is 331 g/mol. The molecule has 0 aliphatic carbocycles. The van der Waals surface area contributed by atoms with E-state index in [4.69, 9.17) is 21.7 Å². The topological polar surface area (TPSA) is 45.8 Å². The first-order valence-corrected chi connectivity index (χ1v) is 8.40. The Balaban J connectivity index is 1.84. The molecule has 1 saturated heterocycles. The Kier molecular flexibility index (Phi) is 3.56. The third kappa shape index (κ3) is 2.32. The molecule has 23 heavy (non-hydrogen) atoms. The van der Waals surface area contributed by atoms with Gasteiger partial charge in [0.2, 0.25) is 0 Å². The van der Waals surface area contributed by atoms with Gasteiger partial charge in [-0.2, -0.15) is 0 Å². The molecule has 4 heterocycles. The number of benzene rings is 1. The largest absolute Gasteiger partial charge is 0.497 e. The molecule has 0 aromatic heterocycles. The van der Waals surface area contributed by atoms with Crippen LogP contribution in [0.4, 0.5) is 0 Å². The maximum Gasteiger partial charge on any atom is 0.171 e. The number of nitrogens with zero attached hydrogens (tertiary/aromatic N) is 1. The second-order valence-electron chi connectivity index (χ2n) is 6.20. The van der Waals surface area contributed by atoms with E-state index >= 15 is 0 Å². The number of allylic oxidation sites excluding steroid dienone is 1. The highest BCUT2D eigenvalue weighted by Crippen LogP contribution is 2.44. The van der Waals surface area contributed by atoms with Gasteiger partial charge in [-0.15, -0.1) is 0 Å². The van der Waals surface area contributed by atoms with E-state index < -0.39 is 0 Å². The number of hydrogen-bond acceptors (Lipinski definition) is 4. The summed E-state index contributed by atoms with van der Waals surface area (Å²) in [6.45, 7) is 2.23. The second kappa shape index (κ2) is 5.60. The van der Waals surface area contributed by atoms with E-state index in [9.17, 15) is 0 Å². The summed E-state index contributed by atoms with van der Waals surface area (Å²) in [6.07, 6.45) is 2.41. The number of ether oxygens (including phenoxy) is 2. The molecule has 1 aromatic carbocycles. The predicted molar refractivity (Wildman–Crippen MR) is 92.5 cm³/mol. The zero-order valence-electron chi connectivity index (χ0n) is 13.4. The Morgan fingerprint density at radius 2 is 1.96 bits per heavy atom. The van der Waals surface area contributed by atoms with Crippen LogP contribution < -0.4 is 20.1 Å². The van der Waals surface area contributed by atoms with Crippen molar-refractivity contribution < 1.29 is 9.47 Å². The number of hydrogen-bond donors (Lipinski definition) is 2. The molecule has 2 bridgehead atoms.